The van der Waals surface area contributed by atoms with Gasteiger partial charge in [0.05, 0.1) is 9.95 Å². The lowest BCUT2D eigenvalue weighted by Gasteiger charge is -2.00. The Morgan fingerprint density at radius 2 is 2.08 bits per heavy atom. The van der Waals surface area contributed by atoms with Crippen LogP contribution in [0.4, 0.5) is 5.69 Å². The van der Waals surface area contributed by atoms with Gasteiger partial charge < -0.3 is 0 Å². The lowest BCUT2D eigenvalue weighted by Crippen LogP contribution is -1.90. The van der Waals surface area contributed by atoms with Crippen LogP contribution in [-0.4, -0.2) is 11.2 Å². The summed E-state index contributed by atoms with van der Waals surface area (Å²) in [5, 5.41) is 10.7. The number of hydrogen-bond donors (Lipinski definition) is 0. The van der Waals surface area contributed by atoms with E-state index in [1.54, 1.807) is 6.07 Å². The second-order valence-corrected chi connectivity index (χ2v) is 3.86. The summed E-state index contributed by atoms with van der Waals surface area (Å²) in [7, 11) is 0. The predicted molar refractivity (Wildman–Crippen MR) is 54.9 cm³/mol. The second kappa shape index (κ2) is 4.17. The molecular weight excluding hydrogens is 233 g/mol. The van der Waals surface area contributed by atoms with E-state index in [1.165, 1.54) is 17.8 Å². The molecule has 70 valence electrons. The summed E-state index contributed by atoms with van der Waals surface area (Å²) >= 11 is 12.7. The highest BCUT2D eigenvalue weighted by Crippen LogP contribution is 2.35. The first kappa shape index (κ1) is 10.6. The monoisotopic (exact) mass is 237 g/mol. The maximum absolute atomic E-state index is 10.5. The van der Waals surface area contributed by atoms with E-state index in [-0.39, 0.29) is 15.7 Å². The number of hydrogen-bond acceptors (Lipinski definition) is 3. The largest absolute Gasteiger partial charge is 0.290 e. The third-order valence-electron chi connectivity index (χ3n) is 1.41. The highest BCUT2D eigenvalue weighted by atomic mass is 35.5. The Morgan fingerprint density at radius 3 is 2.54 bits per heavy atom. The topological polar surface area (TPSA) is 43.1 Å². The van der Waals surface area contributed by atoms with E-state index in [4.69, 9.17) is 23.2 Å². The minimum atomic E-state index is -0.548. The second-order valence-electron chi connectivity index (χ2n) is 2.20. The molecule has 1 rings (SSSR count). The normalized spacial score (nSPS) is 10.1. The van der Waals surface area contributed by atoms with Gasteiger partial charge in [0, 0.05) is 11.0 Å². The zero-order chi connectivity index (χ0) is 10.0. The van der Waals surface area contributed by atoms with E-state index in [0.29, 0.717) is 0 Å². The maximum Gasteiger partial charge on any atom is 0.290 e. The van der Waals surface area contributed by atoms with Crippen LogP contribution in [0.2, 0.25) is 10.0 Å². The summed E-state index contributed by atoms with van der Waals surface area (Å²) in [6, 6.07) is 3.00. The van der Waals surface area contributed by atoms with Crippen molar-refractivity contribution >= 4 is 40.7 Å². The van der Waals surface area contributed by atoms with E-state index in [2.05, 4.69) is 0 Å². The molecule has 1 aromatic rings. The molecule has 0 aliphatic carbocycles. The summed E-state index contributed by atoms with van der Waals surface area (Å²) in [4.78, 5) is 10.7. The third-order valence-corrected chi connectivity index (χ3v) is 2.91. The van der Waals surface area contributed by atoms with Gasteiger partial charge in [0.1, 0.15) is 5.02 Å². The molecule has 0 aliphatic heterocycles. The Kier molecular flexibility index (Phi) is 3.41. The molecule has 0 N–H and O–H groups in total. The van der Waals surface area contributed by atoms with E-state index in [1.807, 2.05) is 6.26 Å². The zero-order valence-electron chi connectivity index (χ0n) is 6.58. The van der Waals surface area contributed by atoms with Crippen LogP contribution < -0.4 is 0 Å². The van der Waals surface area contributed by atoms with Crippen molar-refractivity contribution < 1.29 is 4.92 Å². The van der Waals surface area contributed by atoms with Crippen LogP contribution in [0.5, 0.6) is 0 Å². The molecule has 0 atom stereocenters. The quantitative estimate of drug-likeness (QED) is 0.449. The molecule has 3 nitrogen and oxygen atoms in total. The van der Waals surface area contributed by atoms with Gasteiger partial charge in [-0.1, -0.05) is 23.2 Å². The lowest BCUT2D eigenvalue weighted by molar-refractivity contribution is -0.384. The average Bonchev–Trinajstić information content (AvgIpc) is 2.09. The fraction of sp³-hybridized carbons (Fsp3) is 0.143. The fourth-order valence-electron chi connectivity index (χ4n) is 0.801. The van der Waals surface area contributed by atoms with Gasteiger partial charge in [-0.25, -0.2) is 0 Å². The van der Waals surface area contributed by atoms with Crippen molar-refractivity contribution in [1.82, 2.24) is 0 Å². The van der Waals surface area contributed by atoms with Crippen molar-refractivity contribution in [3.8, 4) is 0 Å². The number of nitro benzene ring substituents is 1. The summed E-state index contributed by atoms with van der Waals surface area (Å²) in [6.07, 6.45) is 1.81. The number of halogens is 2. The SMILES string of the molecule is CSc1cc(Cl)c(Cl)c([N+](=O)[O-])c1. The van der Waals surface area contributed by atoms with Crippen LogP contribution in [0.1, 0.15) is 0 Å². The van der Waals surface area contributed by atoms with Crippen LogP contribution in [0.25, 0.3) is 0 Å². The smallest absolute Gasteiger partial charge is 0.258 e. The van der Waals surface area contributed by atoms with Gasteiger partial charge in [0.25, 0.3) is 5.69 Å². The van der Waals surface area contributed by atoms with E-state index < -0.39 is 4.92 Å². The van der Waals surface area contributed by atoms with Crippen LogP contribution >= 0.6 is 35.0 Å². The number of nitrogens with zero attached hydrogens (tertiary/aromatic N) is 1. The van der Waals surface area contributed by atoms with Gasteiger partial charge in [0.15, 0.2) is 0 Å². The Hall–Kier alpha value is -0.450. The van der Waals surface area contributed by atoms with Crippen molar-refractivity contribution in [3.63, 3.8) is 0 Å². The molecule has 0 unspecified atom stereocenters. The highest BCUT2D eigenvalue weighted by molar-refractivity contribution is 7.98. The van der Waals surface area contributed by atoms with Gasteiger partial charge in [-0.2, -0.15) is 0 Å². The average molecular weight is 238 g/mol. The standard InChI is InChI=1S/C7H5Cl2NO2S/c1-13-4-2-5(8)7(9)6(3-4)10(11)12/h2-3H,1H3. The van der Waals surface area contributed by atoms with Gasteiger partial charge >= 0.3 is 0 Å². The van der Waals surface area contributed by atoms with Gasteiger partial charge in [0.2, 0.25) is 0 Å². The maximum atomic E-state index is 10.5. The van der Waals surface area contributed by atoms with Gasteiger partial charge in [-0.15, -0.1) is 11.8 Å². The number of nitro groups is 1. The fourth-order valence-corrected chi connectivity index (χ4v) is 1.72. The molecule has 0 aliphatic rings. The van der Waals surface area contributed by atoms with Crippen LogP contribution in [0, 0.1) is 10.1 Å². The van der Waals surface area contributed by atoms with Gasteiger partial charge in [-0.3, -0.25) is 10.1 Å². The number of thioether (sulfide) groups is 1. The van der Waals surface area contributed by atoms with E-state index >= 15 is 0 Å². The summed E-state index contributed by atoms with van der Waals surface area (Å²) < 4.78 is 0. The number of benzene rings is 1. The first-order valence-corrected chi connectivity index (χ1v) is 5.21. The molecule has 13 heavy (non-hydrogen) atoms. The van der Waals surface area contributed by atoms with Crippen molar-refractivity contribution in [2.75, 3.05) is 6.26 Å². The Morgan fingerprint density at radius 1 is 1.46 bits per heavy atom. The Balaban J connectivity index is 3.33. The molecule has 0 bridgehead atoms. The number of rotatable bonds is 2. The first-order chi connectivity index (χ1) is 6.06. The van der Waals surface area contributed by atoms with Crippen molar-refractivity contribution in [1.29, 1.82) is 0 Å². The van der Waals surface area contributed by atoms with Crippen LogP contribution in [0.3, 0.4) is 0 Å². The summed E-state index contributed by atoms with van der Waals surface area (Å²) in [5.41, 5.74) is -0.154. The molecule has 0 fully saturated rings. The molecule has 0 heterocycles. The minimum absolute atomic E-state index is 0.00975. The van der Waals surface area contributed by atoms with Gasteiger partial charge in [-0.05, 0) is 12.3 Å². The molecule has 0 aromatic heterocycles. The summed E-state index contributed by atoms with van der Waals surface area (Å²) in [6.45, 7) is 0. The van der Waals surface area contributed by atoms with E-state index in [9.17, 15) is 10.1 Å². The lowest BCUT2D eigenvalue weighted by atomic mass is 10.3. The molecule has 6 heteroatoms. The predicted octanol–water partition coefficient (Wildman–Crippen LogP) is 3.62. The first-order valence-electron chi connectivity index (χ1n) is 3.23. The van der Waals surface area contributed by atoms with E-state index in [0.717, 1.165) is 4.90 Å². The molecule has 0 saturated carbocycles. The molecule has 1 aromatic carbocycles. The molecule has 0 spiro atoms. The molecule has 0 saturated heterocycles. The van der Waals surface area contributed by atoms with Crippen molar-refractivity contribution in [3.05, 3.63) is 32.3 Å². The Bertz CT molecular complexity index is 357. The minimum Gasteiger partial charge on any atom is -0.258 e. The highest BCUT2D eigenvalue weighted by Gasteiger charge is 2.16. The van der Waals surface area contributed by atoms with Crippen molar-refractivity contribution in [2.45, 2.75) is 4.90 Å². The zero-order valence-corrected chi connectivity index (χ0v) is 8.91. The molecule has 0 amide bonds. The molecular formula is C7H5Cl2NO2S. The Labute approximate surface area is 89.2 Å². The van der Waals surface area contributed by atoms with Crippen LogP contribution in [-0.2, 0) is 0 Å². The van der Waals surface area contributed by atoms with Crippen molar-refractivity contribution in [2.24, 2.45) is 0 Å². The summed E-state index contributed by atoms with van der Waals surface area (Å²) in [5.74, 6) is 0. The molecule has 0 radical (unpaired) electrons. The van der Waals surface area contributed by atoms with Crippen LogP contribution in [0.15, 0.2) is 17.0 Å². The third kappa shape index (κ3) is 2.27.